The van der Waals surface area contributed by atoms with Crippen LogP contribution in [0.2, 0.25) is 0 Å². The highest BCUT2D eigenvalue weighted by atomic mass is 16.5. The van der Waals surface area contributed by atoms with E-state index >= 15 is 0 Å². The van der Waals surface area contributed by atoms with Crippen LogP contribution >= 0.6 is 0 Å². The molecule has 4 saturated heterocycles. The van der Waals surface area contributed by atoms with Crippen molar-refractivity contribution < 1.29 is 19.1 Å². The number of carbonyl (C=O) groups excluding carboxylic acids is 2. The zero-order valence-electron chi connectivity index (χ0n) is 18.0. The number of fused-ring (bicyclic) bond motifs is 4. The first-order valence-corrected chi connectivity index (χ1v) is 11.4. The standard InChI is InChI=1S/C24H32N2O4/c1-25-17-6-7-18(25)12-21(11-17)29-23(27)15-4-3-5-16(10-15)24(28)30-22-13-19-8-9-20(14-22)26(19)2/h3-5,10,17-22H,6-9,11-14H2,1-2H3/t17-,18+,19-,20+,21?,22?. The molecule has 5 rings (SSSR count). The molecule has 162 valence electrons. The summed E-state index contributed by atoms with van der Waals surface area (Å²) in [6, 6.07) is 8.89. The van der Waals surface area contributed by atoms with Crippen LogP contribution in [0.15, 0.2) is 24.3 Å². The fourth-order valence-corrected chi connectivity index (χ4v) is 6.13. The van der Waals surface area contributed by atoms with E-state index in [4.69, 9.17) is 9.47 Å². The number of carbonyl (C=O) groups is 2. The molecule has 4 bridgehead atoms. The maximum Gasteiger partial charge on any atom is 0.338 e. The SMILES string of the molecule is CN1[C@@H]2CC[C@H]1CC(OC(=O)c1cccc(C(=O)OC3C[C@H]4CC[C@@H](C3)N4C)c1)C2. The second-order valence-corrected chi connectivity index (χ2v) is 9.68. The molecular weight excluding hydrogens is 380 g/mol. The maximum atomic E-state index is 12.7. The average molecular weight is 413 g/mol. The second-order valence-electron chi connectivity index (χ2n) is 9.68. The fourth-order valence-electron chi connectivity index (χ4n) is 6.13. The molecule has 0 N–H and O–H groups in total. The number of hydrogen-bond donors (Lipinski definition) is 0. The summed E-state index contributed by atoms with van der Waals surface area (Å²) in [5, 5.41) is 0. The minimum absolute atomic E-state index is 0.0310. The highest BCUT2D eigenvalue weighted by Crippen LogP contribution is 2.37. The highest BCUT2D eigenvalue weighted by molar-refractivity contribution is 5.95. The molecule has 4 aliphatic heterocycles. The number of ether oxygens (including phenoxy) is 2. The molecule has 0 radical (unpaired) electrons. The summed E-state index contributed by atoms with van der Waals surface area (Å²) in [5.41, 5.74) is 0.860. The summed E-state index contributed by atoms with van der Waals surface area (Å²) in [6.45, 7) is 0. The quantitative estimate of drug-likeness (QED) is 0.708. The van der Waals surface area contributed by atoms with Crippen molar-refractivity contribution in [2.75, 3.05) is 14.1 Å². The van der Waals surface area contributed by atoms with Crippen molar-refractivity contribution in [2.45, 2.75) is 87.7 Å². The molecule has 0 aromatic heterocycles. The van der Waals surface area contributed by atoms with Gasteiger partial charge in [0.25, 0.3) is 0 Å². The van der Waals surface area contributed by atoms with Crippen LogP contribution in [0.4, 0.5) is 0 Å². The van der Waals surface area contributed by atoms with Crippen LogP contribution in [-0.4, -0.2) is 72.2 Å². The van der Waals surface area contributed by atoms with Gasteiger partial charge in [-0.15, -0.1) is 0 Å². The van der Waals surface area contributed by atoms with E-state index in [9.17, 15) is 9.59 Å². The van der Waals surface area contributed by atoms with Crippen LogP contribution in [-0.2, 0) is 9.47 Å². The first-order chi connectivity index (χ1) is 14.5. The Morgan fingerprint density at radius 2 is 1.10 bits per heavy atom. The number of rotatable bonds is 4. The van der Waals surface area contributed by atoms with Gasteiger partial charge in [-0.3, -0.25) is 0 Å². The predicted octanol–water partition coefficient (Wildman–Crippen LogP) is 3.25. The Hall–Kier alpha value is -1.92. The maximum absolute atomic E-state index is 12.7. The highest BCUT2D eigenvalue weighted by Gasteiger charge is 2.41. The molecule has 1 aromatic rings. The van der Waals surface area contributed by atoms with Crippen molar-refractivity contribution in [2.24, 2.45) is 0 Å². The van der Waals surface area contributed by atoms with Gasteiger partial charge in [-0.05, 0) is 58.0 Å². The Morgan fingerprint density at radius 3 is 1.47 bits per heavy atom. The van der Waals surface area contributed by atoms with Crippen LogP contribution < -0.4 is 0 Å². The molecule has 30 heavy (non-hydrogen) atoms. The summed E-state index contributed by atoms with van der Waals surface area (Å²) < 4.78 is 11.6. The number of benzene rings is 1. The molecule has 1 aromatic carbocycles. The van der Waals surface area contributed by atoms with E-state index in [1.165, 1.54) is 25.7 Å². The van der Waals surface area contributed by atoms with E-state index in [0.717, 1.165) is 25.7 Å². The van der Waals surface area contributed by atoms with Gasteiger partial charge in [-0.2, -0.15) is 0 Å². The fraction of sp³-hybridized carbons (Fsp3) is 0.667. The molecule has 4 heterocycles. The molecule has 4 aliphatic rings. The Kier molecular flexibility index (Phi) is 5.31. The van der Waals surface area contributed by atoms with Gasteiger partial charge in [-0.1, -0.05) is 6.07 Å². The molecule has 4 fully saturated rings. The smallest absolute Gasteiger partial charge is 0.338 e. The van der Waals surface area contributed by atoms with E-state index < -0.39 is 0 Å². The average Bonchev–Trinajstić information content (AvgIpc) is 3.07. The Balaban J connectivity index is 1.20. The number of esters is 2. The summed E-state index contributed by atoms with van der Waals surface area (Å²) >= 11 is 0. The largest absolute Gasteiger partial charge is 0.459 e. The van der Waals surface area contributed by atoms with E-state index in [2.05, 4.69) is 23.9 Å². The molecule has 0 spiro atoms. The van der Waals surface area contributed by atoms with Crippen molar-refractivity contribution in [1.82, 2.24) is 9.80 Å². The molecule has 6 atom stereocenters. The lowest BCUT2D eigenvalue weighted by molar-refractivity contribution is -0.000461. The minimum Gasteiger partial charge on any atom is -0.459 e. The molecule has 0 aliphatic carbocycles. The van der Waals surface area contributed by atoms with Gasteiger partial charge in [0.1, 0.15) is 12.2 Å². The van der Waals surface area contributed by atoms with Gasteiger partial charge in [-0.25, -0.2) is 9.59 Å². The van der Waals surface area contributed by atoms with E-state index in [-0.39, 0.29) is 24.1 Å². The van der Waals surface area contributed by atoms with Gasteiger partial charge in [0, 0.05) is 49.9 Å². The van der Waals surface area contributed by atoms with Crippen LogP contribution in [0.1, 0.15) is 72.1 Å². The van der Waals surface area contributed by atoms with Crippen LogP contribution in [0.3, 0.4) is 0 Å². The third-order valence-electron chi connectivity index (χ3n) is 7.99. The minimum atomic E-state index is -0.337. The van der Waals surface area contributed by atoms with Gasteiger partial charge >= 0.3 is 11.9 Å². The van der Waals surface area contributed by atoms with E-state index in [1.807, 2.05) is 0 Å². The Morgan fingerprint density at radius 1 is 0.733 bits per heavy atom. The van der Waals surface area contributed by atoms with Gasteiger partial charge in [0.15, 0.2) is 0 Å². The summed E-state index contributed by atoms with van der Waals surface area (Å²) in [7, 11) is 4.34. The van der Waals surface area contributed by atoms with Crippen LogP contribution in [0.25, 0.3) is 0 Å². The lowest BCUT2D eigenvalue weighted by Crippen LogP contribution is -2.43. The molecule has 0 saturated carbocycles. The van der Waals surface area contributed by atoms with Crippen LogP contribution in [0.5, 0.6) is 0 Å². The van der Waals surface area contributed by atoms with Crippen molar-refractivity contribution in [3.05, 3.63) is 35.4 Å². The molecular formula is C24H32N2O4. The Labute approximate surface area is 178 Å². The monoisotopic (exact) mass is 412 g/mol. The topological polar surface area (TPSA) is 59.1 Å². The second kappa shape index (κ2) is 7.97. The van der Waals surface area contributed by atoms with E-state index in [1.54, 1.807) is 24.3 Å². The van der Waals surface area contributed by atoms with Gasteiger partial charge < -0.3 is 19.3 Å². The molecule has 6 heteroatoms. The third-order valence-corrected chi connectivity index (χ3v) is 7.99. The van der Waals surface area contributed by atoms with Crippen molar-refractivity contribution in [3.8, 4) is 0 Å². The summed E-state index contributed by atoms with van der Waals surface area (Å²) in [6.07, 6.45) is 8.30. The van der Waals surface area contributed by atoms with Crippen LogP contribution in [0, 0.1) is 0 Å². The molecule has 0 amide bonds. The van der Waals surface area contributed by atoms with Gasteiger partial charge in [0.05, 0.1) is 11.1 Å². The number of nitrogens with zero attached hydrogens (tertiary/aromatic N) is 2. The van der Waals surface area contributed by atoms with Crippen molar-refractivity contribution in [3.63, 3.8) is 0 Å². The van der Waals surface area contributed by atoms with Crippen molar-refractivity contribution in [1.29, 1.82) is 0 Å². The lowest BCUT2D eigenvalue weighted by atomic mass is 10.00. The zero-order chi connectivity index (χ0) is 20.8. The third kappa shape index (κ3) is 3.76. The van der Waals surface area contributed by atoms with Gasteiger partial charge in [0.2, 0.25) is 0 Å². The normalized spacial score (nSPS) is 35.9. The summed E-state index contributed by atoms with van der Waals surface area (Å²) in [5.74, 6) is -0.674. The zero-order valence-corrected chi connectivity index (χ0v) is 18.0. The molecule has 6 nitrogen and oxygen atoms in total. The number of piperidine rings is 2. The summed E-state index contributed by atoms with van der Waals surface area (Å²) in [4.78, 5) is 30.3. The van der Waals surface area contributed by atoms with E-state index in [0.29, 0.717) is 35.3 Å². The predicted molar refractivity (Wildman–Crippen MR) is 112 cm³/mol. The lowest BCUT2D eigenvalue weighted by Gasteiger charge is -2.36. The Bertz CT molecular complexity index is 736. The first kappa shape index (κ1) is 20.0. The first-order valence-electron chi connectivity index (χ1n) is 11.4. The van der Waals surface area contributed by atoms with Crippen molar-refractivity contribution >= 4 is 11.9 Å². The molecule has 2 unspecified atom stereocenters. The number of hydrogen-bond acceptors (Lipinski definition) is 6.